The highest BCUT2D eigenvalue weighted by Crippen LogP contribution is 2.11. The first kappa shape index (κ1) is 16.7. The van der Waals surface area contributed by atoms with Gasteiger partial charge in [0.15, 0.2) is 0 Å². The summed E-state index contributed by atoms with van der Waals surface area (Å²) in [6, 6.07) is 9.34. The lowest BCUT2D eigenvalue weighted by atomic mass is 10.2. The van der Waals surface area contributed by atoms with Crippen molar-refractivity contribution in [3.05, 3.63) is 60.9 Å². The van der Waals surface area contributed by atoms with Crippen LogP contribution in [-0.4, -0.2) is 37.1 Å². The maximum absolute atomic E-state index is 12.1. The van der Waals surface area contributed by atoms with Crippen molar-refractivity contribution in [2.24, 2.45) is 5.92 Å². The third kappa shape index (κ3) is 5.17. The van der Waals surface area contributed by atoms with E-state index in [1.165, 1.54) is 6.33 Å². The highest BCUT2D eigenvalue weighted by Gasteiger charge is 2.07. The molecule has 0 saturated carbocycles. The lowest BCUT2D eigenvalue weighted by molar-refractivity contribution is 0.249. The van der Waals surface area contributed by atoms with E-state index in [2.05, 4.69) is 32.7 Å². The van der Waals surface area contributed by atoms with Crippen molar-refractivity contribution >= 4 is 11.7 Å². The van der Waals surface area contributed by atoms with Crippen LogP contribution in [0.3, 0.4) is 0 Å². The maximum atomic E-state index is 12.1. The molecular formula is C17H21N7O. The Morgan fingerprint density at radius 2 is 2.16 bits per heavy atom. The number of carbonyl (C=O) groups excluding carboxylic acids is 1. The van der Waals surface area contributed by atoms with Crippen LogP contribution >= 0.6 is 0 Å². The fourth-order valence-electron chi connectivity index (χ4n) is 2.48. The molecule has 3 rings (SSSR count). The van der Waals surface area contributed by atoms with Crippen LogP contribution in [0.25, 0.3) is 0 Å². The molecule has 2 amide bonds. The van der Waals surface area contributed by atoms with Crippen LogP contribution in [0.2, 0.25) is 0 Å². The molecular weight excluding hydrogens is 318 g/mol. The topological polar surface area (TPSA) is 89.7 Å². The van der Waals surface area contributed by atoms with Gasteiger partial charge in [0.2, 0.25) is 0 Å². The van der Waals surface area contributed by atoms with Crippen molar-refractivity contribution in [3.8, 4) is 0 Å². The van der Waals surface area contributed by atoms with Gasteiger partial charge < -0.3 is 10.6 Å². The van der Waals surface area contributed by atoms with Crippen LogP contribution in [0.4, 0.5) is 10.5 Å². The number of anilines is 1. The third-order valence-electron chi connectivity index (χ3n) is 3.67. The monoisotopic (exact) mass is 339 g/mol. The Morgan fingerprint density at radius 3 is 2.92 bits per heavy atom. The van der Waals surface area contributed by atoms with E-state index in [-0.39, 0.29) is 11.9 Å². The van der Waals surface area contributed by atoms with Crippen LogP contribution in [-0.2, 0) is 13.1 Å². The van der Waals surface area contributed by atoms with E-state index in [9.17, 15) is 4.79 Å². The summed E-state index contributed by atoms with van der Waals surface area (Å²) in [4.78, 5) is 16.0. The largest absolute Gasteiger partial charge is 0.338 e. The molecule has 0 aliphatic carbocycles. The minimum atomic E-state index is -0.217. The summed E-state index contributed by atoms with van der Waals surface area (Å²) in [7, 11) is 0. The molecule has 1 atom stereocenters. The number of amides is 2. The zero-order valence-electron chi connectivity index (χ0n) is 14.0. The number of aromatic nitrogens is 5. The zero-order valence-corrected chi connectivity index (χ0v) is 14.0. The van der Waals surface area contributed by atoms with Crippen molar-refractivity contribution in [2.45, 2.75) is 20.0 Å². The van der Waals surface area contributed by atoms with E-state index in [0.717, 1.165) is 17.8 Å². The van der Waals surface area contributed by atoms with Crippen LogP contribution in [0, 0.1) is 5.92 Å². The lowest BCUT2D eigenvalue weighted by Crippen LogP contribution is -2.33. The molecule has 2 N–H and O–H groups in total. The van der Waals surface area contributed by atoms with E-state index in [0.29, 0.717) is 13.1 Å². The Morgan fingerprint density at radius 1 is 1.24 bits per heavy atom. The second-order valence-electron chi connectivity index (χ2n) is 5.96. The second kappa shape index (κ2) is 8.09. The van der Waals surface area contributed by atoms with Crippen LogP contribution in [0.5, 0.6) is 0 Å². The molecule has 0 aliphatic heterocycles. The average molecular weight is 339 g/mol. The molecule has 1 aromatic carbocycles. The number of benzene rings is 1. The first-order chi connectivity index (χ1) is 12.2. The molecule has 0 fully saturated rings. The maximum Gasteiger partial charge on any atom is 0.319 e. The second-order valence-corrected chi connectivity index (χ2v) is 5.96. The van der Waals surface area contributed by atoms with Gasteiger partial charge in [0, 0.05) is 31.2 Å². The van der Waals surface area contributed by atoms with Crippen LogP contribution in [0.15, 0.2) is 55.4 Å². The van der Waals surface area contributed by atoms with Gasteiger partial charge >= 0.3 is 6.03 Å². The number of carbonyl (C=O) groups is 1. The van der Waals surface area contributed by atoms with Gasteiger partial charge in [0.1, 0.15) is 12.7 Å². The SMILES string of the molecule is C[C@H](CNC(=O)Nc1cccc(Cn2cncn2)c1)Cn1cccn1. The minimum absolute atomic E-state index is 0.217. The van der Waals surface area contributed by atoms with Crippen molar-refractivity contribution in [1.29, 1.82) is 0 Å². The van der Waals surface area contributed by atoms with E-state index in [1.807, 2.05) is 41.2 Å². The van der Waals surface area contributed by atoms with Crippen molar-refractivity contribution < 1.29 is 4.79 Å². The van der Waals surface area contributed by atoms with E-state index < -0.39 is 0 Å². The molecule has 2 heterocycles. The minimum Gasteiger partial charge on any atom is -0.338 e. The standard InChI is InChI=1S/C17H21N7O/c1-14(10-23-7-3-6-20-23)9-19-17(25)22-16-5-2-4-15(8-16)11-24-13-18-12-21-24/h2-8,12-14H,9-11H2,1H3,(H2,19,22,25)/t14-/m1/s1. The number of urea groups is 1. The van der Waals surface area contributed by atoms with Gasteiger partial charge in [-0.2, -0.15) is 10.2 Å². The average Bonchev–Trinajstić information content (AvgIpc) is 3.27. The highest BCUT2D eigenvalue weighted by molar-refractivity contribution is 5.89. The number of rotatable bonds is 7. The zero-order chi connectivity index (χ0) is 17.5. The van der Waals surface area contributed by atoms with E-state index >= 15 is 0 Å². The van der Waals surface area contributed by atoms with Gasteiger partial charge in [-0.25, -0.2) is 14.5 Å². The molecule has 0 radical (unpaired) electrons. The van der Waals surface area contributed by atoms with Crippen molar-refractivity contribution in [2.75, 3.05) is 11.9 Å². The molecule has 3 aromatic rings. The molecule has 25 heavy (non-hydrogen) atoms. The predicted octanol–water partition coefficient (Wildman–Crippen LogP) is 1.98. The van der Waals surface area contributed by atoms with Crippen LogP contribution in [0.1, 0.15) is 12.5 Å². The van der Waals surface area contributed by atoms with Gasteiger partial charge in [-0.1, -0.05) is 19.1 Å². The number of nitrogens with one attached hydrogen (secondary N) is 2. The quantitative estimate of drug-likeness (QED) is 0.689. The summed E-state index contributed by atoms with van der Waals surface area (Å²) in [5, 5.41) is 14.0. The van der Waals surface area contributed by atoms with Gasteiger partial charge in [-0.15, -0.1) is 0 Å². The number of nitrogens with zero attached hydrogens (tertiary/aromatic N) is 5. The molecule has 0 aliphatic rings. The van der Waals surface area contributed by atoms with E-state index in [1.54, 1.807) is 17.2 Å². The summed E-state index contributed by atoms with van der Waals surface area (Å²) in [5.41, 5.74) is 1.78. The normalized spacial score (nSPS) is 11.9. The highest BCUT2D eigenvalue weighted by atomic mass is 16.2. The third-order valence-corrected chi connectivity index (χ3v) is 3.67. The predicted molar refractivity (Wildman–Crippen MR) is 94.0 cm³/mol. The molecule has 0 bridgehead atoms. The lowest BCUT2D eigenvalue weighted by Gasteiger charge is -2.14. The molecule has 8 heteroatoms. The molecule has 8 nitrogen and oxygen atoms in total. The Hall–Kier alpha value is -3.16. The fourth-order valence-corrected chi connectivity index (χ4v) is 2.48. The summed E-state index contributed by atoms with van der Waals surface area (Å²) in [5.74, 6) is 0.282. The van der Waals surface area contributed by atoms with Crippen molar-refractivity contribution in [3.63, 3.8) is 0 Å². The van der Waals surface area contributed by atoms with Gasteiger partial charge in [-0.3, -0.25) is 4.68 Å². The summed E-state index contributed by atoms with van der Waals surface area (Å²) in [6.07, 6.45) is 6.82. The fraction of sp³-hybridized carbons (Fsp3) is 0.294. The number of hydrogen-bond acceptors (Lipinski definition) is 4. The number of hydrogen-bond donors (Lipinski definition) is 2. The Labute approximate surface area is 145 Å². The molecule has 2 aromatic heterocycles. The first-order valence-electron chi connectivity index (χ1n) is 8.12. The van der Waals surface area contributed by atoms with Crippen LogP contribution < -0.4 is 10.6 Å². The van der Waals surface area contributed by atoms with Gasteiger partial charge in [0.25, 0.3) is 0 Å². The van der Waals surface area contributed by atoms with E-state index in [4.69, 9.17) is 0 Å². The Balaban J connectivity index is 1.47. The van der Waals surface area contributed by atoms with Gasteiger partial charge in [0.05, 0.1) is 6.54 Å². The smallest absolute Gasteiger partial charge is 0.319 e. The summed E-state index contributed by atoms with van der Waals surface area (Å²) in [6.45, 7) is 4.02. The summed E-state index contributed by atoms with van der Waals surface area (Å²) >= 11 is 0. The summed E-state index contributed by atoms with van der Waals surface area (Å²) < 4.78 is 3.59. The first-order valence-corrected chi connectivity index (χ1v) is 8.12. The molecule has 0 spiro atoms. The van der Waals surface area contributed by atoms with Crippen molar-refractivity contribution in [1.82, 2.24) is 29.9 Å². The molecule has 0 unspecified atom stereocenters. The molecule has 130 valence electrons. The Kier molecular flexibility index (Phi) is 5.40. The van der Waals surface area contributed by atoms with Gasteiger partial charge in [-0.05, 0) is 29.7 Å². The Bertz CT molecular complexity index is 783. The molecule has 0 saturated heterocycles.